The van der Waals surface area contributed by atoms with Crippen molar-refractivity contribution in [2.24, 2.45) is 5.92 Å². The molecule has 0 radical (unpaired) electrons. The Morgan fingerprint density at radius 1 is 1.23 bits per heavy atom. The van der Waals surface area contributed by atoms with Crippen molar-refractivity contribution < 1.29 is 4.79 Å². The number of aromatic nitrogens is 2. The van der Waals surface area contributed by atoms with Crippen molar-refractivity contribution in [1.82, 2.24) is 26.1 Å². The van der Waals surface area contributed by atoms with Crippen LogP contribution >= 0.6 is 35.3 Å². The van der Waals surface area contributed by atoms with Gasteiger partial charge in [-0.25, -0.2) is 9.97 Å². The third kappa shape index (κ3) is 5.78. The van der Waals surface area contributed by atoms with E-state index in [1.54, 1.807) is 11.3 Å². The highest BCUT2D eigenvalue weighted by Gasteiger charge is 2.15. The second-order valence-electron chi connectivity index (χ2n) is 6.44. The number of hydrazine groups is 1. The molecule has 0 atom stereocenters. The van der Waals surface area contributed by atoms with E-state index < -0.39 is 0 Å². The van der Waals surface area contributed by atoms with Gasteiger partial charge < -0.3 is 5.32 Å². The summed E-state index contributed by atoms with van der Waals surface area (Å²) in [7, 11) is 0. The van der Waals surface area contributed by atoms with E-state index in [4.69, 9.17) is 12.2 Å². The standard InChI is InChI=1S/C17H25N5OS3/c1-9(2)6-7-18-17(24)22-21-13(23)8-25-15-14-10(3)11(4)26-16(14)20-12(5)19-15/h9H,6-8H2,1-5H3,(H,21,23)(H2,18,22,24). The zero-order valence-corrected chi connectivity index (χ0v) is 18.2. The highest BCUT2D eigenvalue weighted by atomic mass is 32.2. The van der Waals surface area contributed by atoms with E-state index in [-0.39, 0.29) is 11.7 Å². The highest BCUT2D eigenvalue weighted by molar-refractivity contribution is 8.00. The average Bonchev–Trinajstić information content (AvgIpc) is 2.84. The quantitative estimate of drug-likeness (QED) is 0.291. The Morgan fingerprint density at radius 2 is 1.96 bits per heavy atom. The van der Waals surface area contributed by atoms with Crippen LogP contribution in [0.3, 0.4) is 0 Å². The van der Waals surface area contributed by atoms with Gasteiger partial charge in [-0.1, -0.05) is 25.6 Å². The molecule has 6 nitrogen and oxygen atoms in total. The molecule has 0 unspecified atom stereocenters. The Balaban J connectivity index is 1.88. The van der Waals surface area contributed by atoms with Crippen LogP contribution < -0.4 is 16.2 Å². The minimum absolute atomic E-state index is 0.156. The first-order valence-corrected chi connectivity index (χ1v) is 10.7. The van der Waals surface area contributed by atoms with Crippen LogP contribution in [0.4, 0.5) is 0 Å². The molecule has 0 bridgehead atoms. The summed E-state index contributed by atoms with van der Waals surface area (Å²) in [4.78, 5) is 23.3. The first kappa shape index (κ1) is 20.9. The number of rotatable bonds is 6. The fourth-order valence-electron chi connectivity index (χ4n) is 2.23. The molecule has 0 saturated carbocycles. The summed E-state index contributed by atoms with van der Waals surface area (Å²) >= 11 is 8.21. The lowest BCUT2D eigenvalue weighted by molar-refractivity contribution is -0.119. The number of fused-ring (bicyclic) bond motifs is 1. The largest absolute Gasteiger partial charge is 0.361 e. The minimum Gasteiger partial charge on any atom is -0.361 e. The number of carbonyl (C=O) groups is 1. The van der Waals surface area contributed by atoms with Gasteiger partial charge in [-0.05, 0) is 50.9 Å². The fraction of sp³-hybridized carbons (Fsp3) is 0.529. The second kappa shape index (κ2) is 9.48. The van der Waals surface area contributed by atoms with Crippen molar-refractivity contribution >= 4 is 56.6 Å². The first-order chi connectivity index (χ1) is 12.3. The summed E-state index contributed by atoms with van der Waals surface area (Å²) in [6.45, 7) is 11.1. The van der Waals surface area contributed by atoms with Crippen molar-refractivity contribution in [3.8, 4) is 0 Å². The lowest BCUT2D eigenvalue weighted by Crippen LogP contribution is -2.47. The summed E-state index contributed by atoms with van der Waals surface area (Å²) in [5.41, 5.74) is 6.53. The predicted molar refractivity (Wildman–Crippen MR) is 114 cm³/mol. The SMILES string of the molecule is Cc1nc(SCC(=O)NNC(=S)NCCC(C)C)c2c(C)c(C)sc2n1. The van der Waals surface area contributed by atoms with Gasteiger partial charge in [0, 0.05) is 16.8 Å². The molecule has 142 valence electrons. The van der Waals surface area contributed by atoms with E-state index >= 15 is 0 Å². The molecule has 2 rings (SSSR count). The number of hydrogen-bond acceptors (Lipinski definition) is 6. The molecule has 0 saturated heterocycles. The Bertz CT molecular complexity index is 803. The molecule has 2 aromatic heterocycles. The van der Waals surface area contributed by atoms with Gasteiger partial charge in [-0.2, -0.15) is 0 Å². The van der Waals surface area contributed by atoms with Crippen molar-refractivity contribution in [1.29, 1.82) is 0 Å². The summed E-state index contributed by atoms with van der Waals surface area (Å²) in [6, 6.07) is 0. The molecule has 2 aromatic rings. The molecule has 26 heavy (non-hydrogen) atoms. The maximum absolute atomic E-state index is 12.1. The lowest BCUT2D eigenvalue weighted by Gasteiger charge is -2.12. The number of carbonyl (C=O) groups excluding carboxylic acids is 1. The van der Waals surface area contributed by atoms with Gasteiger partial charge in [0.05, 0.1) is 5.75 Å². The Kier molecular flexibility index (Phi) is 7.60. The molecule has 0 fully saturated rings. The van der Waals surface area contributed by atoms with E-state index in [1.165, 1.54) is 22.2 Å². The summed E-state index contributed by atoms with van der Waals surface area (Å²) in [5.74, 6) is 1.42. The van der Waals surface area contributed by atoms with Gasteiger partial charge >= 0.3 is 0 Å². The normalized spacial score (nSPS) is 11.0. The number of thiocarbonyl (C=S) groups is 1. The second-order valence-corrected chi connectivity index (χ2v) is 9.02. The number of thioether (sulfide) groups is 1. The molecule has 9 heteroatoms. The van der Waals surface area contributed by atoms with Gasteiger partial charge in [-0.15, -0.1) is 11.3 Å². The third-order valence-corrected chi connectivity index (χ3v) is 6.09. The molecule has 0 aliphatic rings. The molecule has 1 amide bonds. The number of amides is 1. The third-order valence-electron chi connectivity index (χ3n) is 3.77. The van der Waals surface area contributed by atoms with Gasteiger partial charge in [0.2, 0.25) is 5.91 Å². The highest BCUT2D eigenvalue weighted by Crippen LogP contribution is 2.34. The molecule has 2 heterocycles. The molecular weight excluding hydrogens is 386 g/mol. The maximum Gasteiger partial charge on any atom is 0.248 e. The Hall–Kier alpha value is -1.45. The van der Waals surface area contributed by atoms with Crippen molar-refractivity contribution in [3.05, 3.63) is 16.3 Å². The molecule has 0 aliphatic carbocycles. The number of nitrogens with zero attached hydrogens (tertiary/aromatic N) is 2. The van der Waals surface area contributed by atoms with Crippen LogP contribution in [0, 0.1) is 26.7 Å². The van der Waals surface area contributed by atoms with Crippen LogP contribution in [0.5, 0.6) is 0 Å². The summed E-state index contributed by atoms with van der Waals surface area (Å²) in [6.07, 6.45) is 1.02. The van der Waals surface area contributed by atoms with Crippen LogP contribution in [-0.4, -0.2) is 33.3 Å². The van der Waals surface area contributed by atoms with Gasteiger partial charge in [0.25, 0.3) is 0 Å². The minimum atomic E-state index is -0.156. The van der Waals surface area contributed by atoms with Gasteiger partial charge in [0.1, 0.15) is 15.7 Å². The predicted octanol–water partition coefficient (Wildman–Crippen LogP) is 3.25. The van der Waals surface area contributed by atoms with Crippen molar-refractivity contribution in [2.45, 2.75) is 46.1 Å². The first-order valence-electron chi connectivity index (χ1n) is 8.47. The maximum atomic E-state index is 12.1. The van der Waals surface area contributed by atoms with E-state index in [0.29, 0.717) is 11.0 Å². The topological polar surface area (TPSA) is 78.9 Å². The fourth-order valence-corrected chi connectivity index (χ4v) is 4.46. The zero-order chi connectivity index (χ0) is 19.3. The van der Waals surface area contributed by atoms with E-state index in [9.17, 15) is 4.79 Å². The van der Waals surface area contributed by atoms with Crippen LogP contribution in [0.2, 0.25) is 0 Å². The number of hydrogen-bond donors (Lipinski definition) is 3. The Morgan fingerprint density at radius 3 is 2.65 bits per heavy atom. The molecule has 0 aromatic carbocycles. The summed E-state index contributed by atoms with van der Waals surface area (Å²) < 4.78 is 0. The van der Waals surface area contributed by atoms with Crippen LogP contribution in [0.25, 0.3) is 10.2 Å². The van der Waals surface area contributed by atoms with Crippen LogP contribution in [0.1, 0.15) is 36.5 Å². The molecule has 3 N–H and O–H groups in total. The Labute approximate surface area is 167 Å². The van der Waals surface area contributed by atoms with Crippen LogP contribution in [-0.2, 0) is 4.79 Å². The lowest BCUT2D eigenvalue weighted by atomic mass is 10.1. The molecule has 0 aliphatic heterocycles. The average molecular weight is 412 g/mol. The van der Waals surface area contributed by atoms with E-state index in [2.05, 4.69) is 53.8 Å². The van der Waals surface area contributed by atoms with Crippen molar-refractivity contribution in [3.63, 3.8) is 0 Å². The molecular formula is C17H25N5OS3. The van der Waals surface area contributed by atoms with Crippen LogP contribution in [0.15, 0.2) is 5.03 Å². The number of thiophene rings is 1. The number of nitrogens with one attached hydrogen (secondary N) is 3. The molecule has 0 spiro atoms. The van der Waals surface area contributed by atoms with Crippen molar-refractivity contribution in [2.75, 3.05) is 12.3 Å². The van der Waals surface area contributed by atoms with Gasteiger partial charge in [0.15, 0.2) is 5.11 Å². The van der Waals surface area contributed by atoms with Gasteiger partial charge in [-0.3, -0.25) is 15.6 Å². The monoisotopic (exact) mass is 411 g/mol. The zero-order valence-electron chi connectivity index (χ0n) is 15.7. The van der Waals surface area contributed by atoms with E-state index in [1.807, 2.05) is 6.92 Å². The smallest absolute Gasteiger partial charge is 0.248 e. The summed E-state index contributed by atoms with van der Waals surface area (Å²) in [5, 5.41) is 5.39. The number of aryl methyl sites for hydroxylation is 3. The van der Waals surface area contributed by atoms with E-state index in [0.717, 1.165) is 34.0 Å².